The molecule has 1 heterocycles. The van der Waals surface area contributed by atoms with Gasteiger partial charge in [0.2, 0.25) is 20.0 Å². The Hall–Kier alpha value is -1.76. The van der Waals surface area contributed by atoms with Crippen molar-refractivity contribution in [2.24, 2.45) is 0 Å². The number of nitro groups is 1. The van der Waals surface area contributed by atoms with Crippen LogP contribution in [-0.2, 0) is 20.0 Å². The van der Waals surface area contributed by atoms with E-state index in [1.54, 1.807) is 0 Å². The summed E-state index contributed by atoms with van der Waals surface area (Å²) in [7, 11) is -4.54. The lowest BCUT2D eigenvalue weighted by Gasteiger charge is -2.34. The molecule has 1 aromatic rings. The molecule has 1 aromatic carbocycles. The van der Waals surface area contributed by atoms with E-state index in [-0.39, 0.29) is 29.8 Å². The summed E-state index contributed by atoms with van der Waals surface area (Å²) in [6, 6.07) is 3.20. The first-order valence-electron chi connectivity index (χ1n) is 7.74. The molecule has 0 aromatic heterocycles. The van der Waals surface area contributed by atoms with Crippen molar-refractivity contribution in [3.8, 4) is 5.75 Å². The minimum absolute atomic E-state index is 0.0255. The average Bonchev–Trinajstić information content (AvgIpc) is 2.59. The summed E-state index contributed by atoms with van der Waals surface area (Å²) in [5.41, 5.74) is -0.430. The fraction of sp³-hybridized carbons (Fsp3) is 0.571. The molecule has 1 fully saturated rings. The number of hydrogen-bond acceptors (Lipinski definition) is 7. The van der Waals surface area contributed by atoms with Gasteiger partial charge in [-0.15, -0.1) is 0 Å². The first kappa shape index (κ1) is 20.6. The summed E-state index contributed by atoms with van der Waals surface area (Å²) >= 11 is 0. The van der Waals surface area contributed by atoms with E-state index < -0.39 is 30.7 Å². The zero-order chi connectivity index (χ0) is 19.7. The van der Waals surface area contributed by atoms with Gasteiger partial charge in [0.05, 0.1) is 23.2 Å². The number of nitrogens with zero attached hydrogens (tertiary/aromatic N) is 3. The lowest BCUT2D eigenvalue weighted by atomic mass is 10.1. The molecular formula is C14H21N3O7S2. The molecule has 146 valence electrons. The minimum Gasteiger partial charge on any atom is -0.490 e. The predicted octanol–water partition coefficient (Wildman–Crippen LogP) is 0.648. The highest BCUT2D eigenvalue weighted by molar-refractivity contribution is 7.89. The van der Waals surface area contributed by atoms with E-state index in [0.717, 1.165) is 12.3 Å². The molecule has 0 amide bonds. The van der Waals surface area contributed by atoms with Gasteiger partial charge < -0.3 is 4.74 Å². The molecule has 0 atom stereocenters. The Balaban J connectivity index is 2.22. The van der Waals surface area contributed by atoms with Gasteiger partial charge in [-0.1, -0.05) is 0 Å². The topological polar surface area (TPSA) is 127 Å². The molecular weight excluding hydrogens is 386 g/mol. The molecule has 0 spiro atoms. The number of nitro benzene ring substituents is 1. The van der Waals surface area contributed by atoms with Crippen molar-refractivity contribution in [1.29, 1.82) is 0 Å². The Morgan fingerprint density at radius 2 is 1.81 bits per heavy atom. The smallest absolute Gasteiger partial charge is 0.312 e. The molecule has 0 bridgehead atoms. The van der Waals surface area contributed by atoms with E-state index >= 15 is 0 Å². The second-order valence-electron chi connectivity index (χ2n) is 6.01. The van der Waals surface area contributed by atoms with E-state index in [1.165, 1.54) is 34.9 Å². The zero-order valence-electron chi connectivity index (χ0n) is 14.7. The van der Waals surface area contributed by atoms with Gasteiger partial charge in [0.25, 0.3) is 0 Å². The molecule has 0 aliphatic carbocycles. The molecule has 12 heteroatoms. The number of rotatable bonds is 6. The van der Waals surface area contributed by atoms with E-state index in [4.69, 9.17) is 4.74 Å². The summed E-state index contributed by atoms with van der Waals surface area (Å²) in [5, 5.41) is 11.1. The van der Waals surface area contributed by atoms with Crippen LogP contribution in [0.2, 0.25) is 0 Å². The maximum atomic E-state index is 12.8. The third kappa shape index (κ3) is 4.14. The Bertz CT molecular complexity index is 891. The van der Waals surface area contributed by atoms with Crippen molar-refractivity contribution in [2.75, 3.05) is 33.5 Å². The standard InChI is InChI=1S/C14H21N3O7S2/c1-15(25(3,20)21)11-6-8-16(9-7-11)26(22,23)12-4-5-14(24-2)13(10-12)17(18)19/h4-5,10-11H,6-9H2,1-3H3. The molecule has 26 heavy (non-hydrogen) atoms. The van der Waals surface area contributed by atoms with Gasteiger partial charge in [0.1, 0.15) is 0 Å². The van der Waals surface area contributed by atoms with E-state index in [1.807, 2.05) is 0 Å². The van der Waals surface area contributed by atoms with Crippen molar-refractivity contribution in [3.63, 3.8) is 0 Å². The van der Waals surface area contributed by atoms with Crippen molar-refractivity contribution in [2.45, 2.75) is 23.8 Å². The lowest BCUT2D eigenvalue weighted by molar-refractivity contribution is -0.386. The van der Waals surface area contributed by atoms with Crippen LogP contribution in [0.15, 0.2) is 23.1 Å². The summed E-state index contributed by atoms with van der Waals surface area (Å²) in [6.45, 7) is 0.263. The number of hydrogen-bond donors (Lipinski definition) is 0. The van der Waals surface area contributed by atoms with Crippen LogP contribution in [0.25, 0.3) is 0 Å². The first-order valence-corrected chi connectivity index (χ1v) is 11.0. The van der Waals surface area contributed by atoms with Crippen molar-refractivity contribution in [1.82, 2.24) is 8.61 Å². The molecule has 0 unspecified atom stereocenters. The van der Waals surface area contributed by atoms with Crippen LogP contribution in [0.1, 0.15) is 12.8 Å². The molecule has 10 nitrogen and oxygen atoms in total. The van der Waals surface area contributed by atoms with Crippen molar-refractivity contribution < 1.29 is 26.5 Å². The molecule has 1 aliphatic rings. The van der Waals surface area contributed by atoms with Gasteiger partial charge in [-0.25, -0.2) is 21.1 Å². The van der Waals surface area contributed by atoms with Crippen LogP contribution >= 0.6 is 0 Å². The molecule has 0 N–H and O–H groups in total. The quantitative estimate of drug-likeness (QED) is 0.500. The van der Waals surface area contributed by atoms with Crippen LogP contribution in [0.5, 0.6) is 5.75 Å². The van der Waals surface area contributed by atoms with Crippen LogP contribution in [-0.4, -0.2) is 69.9 Å². The van der Waals surface area contributed by atoms with Gasteiger partial charge in [-0.2, -0.15) is 4.31 Å². The van der Waals surface area contributed by atoms with E-state index in [0.29, 0.717) is 12.8 Å². The maximum Gasteiger partial charge on any atom is 0.312 e. The highest BCUT2D eigenvalue weighted by Crippen LogP contribution is 2.31. The van der Waals surface area contributed by atoms with E-state index in [9.17, 15) is 26.9 Å². The van der Waals surface area contributed by atoms with Crippen molar-refractivity contribution >= 4 is 25.7 Å². The minimum atomic E-state index is -3.92. The van der Waals surface area contributed by atoms with Gasteiger partial charge in [0, 0.05) is 32.2 Å². The number of methoxy groups -OCH3 is 1. The fourth-order valence-corrected chi connectivity index (χ4v) is 5.08. The zero-order valence-corrected chi connectivity index (χ0v) is 16.3. The summed E-state index contributed by atoms with van der Waals surface area (Å²) in [4.78, 5) is 10.2. The second-order valence-corrected chi connectivity index (χ2v) is 9.99. The third-order valence-electron chi connectivity index (χ3n) is 4.45. The predicted molar refractivity (Wildman–Crippen MR) is 94.0 cm³/mol. The van der Waals surface area contributed by atoms with Gasteiger partial charge in [0.15, 0.2) is 5.75 Å². The number of ether oxygens (including phenoxy) is 1. The summed E-state index contributed by atoms with van der Waals surface area (Å²) < 4.78 is 56.1. The number of benzene rings is 1. The van der Waals surface area contributed by atoms with Crippen molar-refractivity contribution in [3.05, 3.63) is 28.3 Å². The SMILES string of the molecule is COc1ccc(S(=O)(=O)N2CCC(N(C)S(C)(=O)=O)CC2)cc1[N+](=O)[O-]. The van der Waals surface area contributed by atoms with Gasteiger partial charge >= 0.3 is 5.69 Å². The van der Waals surface area contributed by atoms with Crippen LogP contribution in [0.3, 0.4) is 0 Å². The Morgan fingerprint density at radius 1 is 1.23 bits per heavy atom. The number of sulfonamides is 2. The van der Waals surface area contributed by atoms with Gasteiger partial charge in [-0.3, -0.25) is 10.1 Å². The van der Waals surface area contributed by atoms with Gasteiger partial charge in [-0.05, 0) is 25.0 Å². The highest BCUT2D eigenvalue weighted by Gasteiger charge is 2.34. The molecule has 0 saturated carbocycles. The molecule has 1 saturated heterocycles. The second kappa shape index (κ2) is 7.47. The normalized spacial score (nSPS) is 17.4. The monoisotopic (exact) mass is 407 g/mol. The summed E-state index contributed by atoms with van der Waals surface area (Å²) in [5.74, 6) is -0.0255. The maximum absolute atomic E-state index is 12.8. The molecule has 1 aliphatic heterocycles. The van der Waals surface area contributed by atoms with Crippen LogP contribution < -0.4 is 4.74 Å². The Kier molecular flexibility index (Phi) is 5.90. The van der Waals surface area contributed by atoms with E-state index in [2.05, 4.69) is 0 Å². The Labute approximate surface area is 152 Å². The molecule has 0 radical (unpaired) electrons. The van der Waals surface area contributed by atoms with Crippen LogP contribution in [0.4, 0.5) is 5.69 Å². The van der Waals surface area contributed by atoms with Crippen LogP contribution in [0, 0.1) is 10.1 Å². The first-order chi connectivity index (χ1) is 12.0. The summed E-state index contributed by atoms with van der Waals surface area (Å²) in [6.07, 6.45) is 1.80. The third-order valence-corrected chi connectivity index (χ3v) is 7.68. The fourth-order valence-electron chi connectivity index (χ4n) is 2.84. The molecule has 2 rings (SSSR count). The lowest BCUT2D eigenvalue weighted by Crippen LogP contribution is -2.46. The Morgan fingerprint density at radius 3 is 2.27 bits per heavy atom. The largest absolute Gasteiger partial charge is 0.490 e. The highest BCUT2D eigenvalue weighted by atomic mass is 32.2. The number of piperidine rings is 1. The average molecular weight is 407 g/mol.